The number of esters is 1. The summed E-state index contributed by atoms with van der Waals surface area (Å²) < 4.78 is 29.7. The van der Waals surface area contributed by atoms with Crippen molar-refractivity contribution in [2.75, 3.05) is 27.9 Å². The predicted molar refractivity (Wildman–Crippen MR) is 248 cm³/mol. The third kappa shape index (κ3) is 14.3. The molecule has 4 aliphatic rings. The molecule has 2 bridgehead atoms. The van der Waals surface area contributed by atoms with E-state index in [-0.39, 0.29) is 54.8 Å². The van der Waals surface area contributed by atoms with Crippen LogP contribution in [-0.4, -0.2) is 121 Å². The van der Waals surface area contributed by atoms with Gasteiger partial charge in [-0.1, -0.05) is 78.0 Å². The lowest BCUT2D eigenvalue weighted by molar-refractivity contribution is -0.265. The Hall–Kier alpha value is -3.33. The van der Waals surface area contributed by atoms with Gasteiger partial charge in [-0.05, 0) is 113 Å². The van der Waals surface area contributed by atoms with Crippen molar-refractivity contribution < 1.29 is 57.9 Å². The van der Waals surface area contributed by atoms with Gasteiger partial charge in [-0.3, -0.25) is 19.2 Å². The fourth-order valence-corrected chi connectivity index (χ4v) is 10.4. The summed E-state index contributed by atoms with van der Waals surface area (Å²) in [7, 11) is 4.70. The molecule has 366 valence electrons. The third-order valence-corrected chi connectivity index (χ3v) is 14.8. The fraction of sp³-hybridized carbons (Fsp3) is 0.750. The minimum Gasteiger partial charge on any atom is -0.460 e. The van der Waals surface area contributed by atoms with E-state index in [1.165, 1.54) is 12.0 Å². The number of methoxy groups -OCH3 is 3. The van der Waals surface area contributed by atoms with Crippen molar-refractivity contribution in [3.8, 4) is 0 Å². The largest absolute Gasteiger partial charge is 0.460 e. The highest BCUT2D eigenvalue weighted by Crippen LogP contribution is 2.38. The summed E-state index contributed by atoms with van der Waals surface area (Å²) in [6, 6.07) is -1.11. The van der Waals surface area contributed by atoms with Crippen LogP contribution in [0.2, 0.25) is 0 Å². The van der Waals surface area contributed by atoms with Crippen LogP contribution in [0.15, 0.2) is 47.6 Å². The highest BCUT2D eigenvalue weighted by Gasteiger charge is 2.53. The number of carbonyl (C=O) groups excluding carboxylic acids is 5. The van der Waals surface area contributed by atoms with E-state index in [9.17, 15) is 34.2 Å². The number of rotatable bonds is 6. The van der Waals surface area contributed by atoms with Gasteiger partial charge in [0.15, 0.2) is 5.78 Å². The van der Waals surface area contributed by atoms with E-state index in [2.05, 4.69) is 6.92 Å². The topological polar surface area (TPSA) is 175 Å². The smallest absolute Gasteiger partial charge is 0.329 e. The van der Waals surface area contributed by atoms with Crippen molar-refractivity contribution >= 4 is 29.2 Å². The SMILES string of the molecule is CO[C@H]1C[C@@H]2CC[C@@H](C)[C@@](O)(O2)C(=O)C(=O)N2CCCC[C@H]2C(=O)O[C@H]([C@H](C)C[C@@H]2CC[C@H](C)[C@H](OC)C2)CC(=O)[C@H](C)C=C(C)[C@@H](O)[C@@H](OC)C(=O)[C@@H](C)C[C@H](C)C=CC=CC=C1C. The van der Waals surface area contributed by atoms with Gasteiger partial charge in [0.2, 0.25) is 5.79 Å². The maximum absolute atomic E-state index is 14.4. The van der Waals surface area contributed by atoms with Gasteiger partial charge < -0.3 is 38.8 Å². The number of aliphatic hydroxyl groups is 2. The number of nitrogens with zero attached hydrogens (tertiary/aromatic N) is 1. The van der Waals surface area contributed by atoms with E-state index in [4.69, 9.17) is 23.7 Å². The molecule has 2 N–H and O–H groups in total. The van der Waals surface area contributed by atoms with Gasteiger partial charge in [-0.2, -0.15) is 0 Å². The molecule has 3 aliphatic heterocycles. The van der Waals surface area contributed by atoms with Crippen LogP contribution in [0, 0.1) is 41.4 Å². The summed E-state index contributed by atoms with van der Waals surface area (Å²) in [5, 5.41) is 23.4. The van der Waals surface area contributed by atoms with Crippen molar-refractivity contribution in [3.05, 3.63) is 47.6 Å². The Labute approximate surface area is 388 Å². The molecule has 0 radical (unpaired) electrons. The molecule has 1 saturated carbocycles. The third-order valence-electron chi connectivity index (χ3n) is 14.8. The first-order valence-electron chi connectivity index (χ1n) is 24.2. The zero-order valence-electron chi connectivity index (χ0n) is 41.2. The number of ketones is 3. The molecule has 2 saturated heterocycles. The van der Waals surface area contributed by atoms with Crippen LogP contribution in [0.3, 0.4) is 0 Å². The molecule has 15 atom stereocenters. The molecule has 0 spiro atoms. The van der Waals surface area contributed by atoms with Crippen LogP contribution in [-0.2, 0) is 47.7 Å². The molecule has 0 unspecified atom stereocenters. The number of cyclic esters (lactones) is 1. The second-order valence-corrected chi connectivity index (χ2v) is 20.0. The molecule has 4 rings (SSSR count). The van der Waals surface area contributed by atoms with Gasteiger partial charge in [0.25, 0.3) is 11.7 Å². The first kappa shape index (κ1) is 54.3. The predicted octanol–water partition coefficient (Wildman–Crippen LogP) is 7.46. The summed E-state index contributed by atoms with van der Waals surface area (Å²) in [6.07, 6.45) is 13.6. The summed E-state index contributed by atoms with van der Waals surface area (Å²) >= 11 is 0. The molecule has 13 nitrogen and oxygen atoms in total. The van der Waals surface area contributed by atoms with Gasteiger partial charge in [-0.15, -0.1) is 0 Å². The molecular weight excluding hydrogens is 831 g/mol. The molecule has 1 aliphatic carbocycles. The van der Waals surface area contributed by atoms with Crippen molar-refractivity contribution in [3.63, 3.8) is 0 Å². The zero-order chi connectivity index (χ0) is 48.2. The number of allylic oxidation sites excluding steroid dienone is 6. The van der Waals surface area contributed by atoms with Crippen molar-refractivity contribution in [2.24, 2.45) is 41.4 Å². The molecule has 0 aromatic rings. The van der Waals surface area contributed by atoms with Crippen LogP contribution < -0.4 is 0 Å². The molecule has 1 amide bonds. The van der Waals surface area contributed by atoms with Gasteiger partial charge in [0.05, 0.1) is 18.3 Å². The van der Waals surface area contributed by atoms with Crippen LogP contribution >= 0.6 is 0 Å². The molecular formula is C52H81NO12. The average molecular weight is 912 g/mol. The lowest BCUT2D eigenvalue weighted by atomic mass is 9.76. The molecule has 0 aromatic carbocycles. The number of piperidine rings is 1. The van der Waals surface area contributed by atoms with Crippen LogP contribution in [0.5, 0.6) is 0 Å². The van der Waals surface area contributed by atoms with Crippen molar-refractivity contribution in [1.29, 1.82) is 0 Å². The lowest BCUT2D eigenvalue weighted by Gasteiger charge is -2.42. The Morgan fingerprint density at radius 1 is 0.846 bits per heavy atom. The van der Waals surface area contributed by atoms with E-state index < -0.39 is 77.8 Å². The quantitative estimate of drug-likeness (QED) is 0.153. The number of amides is 1. The normalized spacial score (nSPS) is 37.8. The second kappa shape index (κ2) is 25.2. The Kier molecular flexibility index (Phi) is 21.0. The number of hydrogen-bond donors (Lipinski definition) is 2. The first-order valence-corrected chi connectivity index (χ1v) is 24.2. The van der Waals surface area contributed by atoms with Crippen LogP contribution in [0.1, 0.15) is 132 Å². The van der Waals surface area contributed by atoms with E-state index in [1.54, 1.807) is 41.1 Å². The minimum atomic E-state index is -2.41. The summed E-state index contributed by atoms with van der Waals surface area (Å²) in [4.78, 5) is 71.9. The Morgan fingerprint density at radius 3 is 2.25 bits per heavy atom. The minimum absolute atomic E-state index is 0.0304. The van der Waals surface area contributed by atoms with E-state index in [0.717, 1.165) is 24.8 Å². The fourth-order valence-electron chi connectivity index (χ4n) is 10.4. The lowest BCUT2D eigenvalue weighted by Crippen LogP contribution is -2.61. The van der Waals surface area contributed by atoms with E-state index in [1.807, 2.05) is 58.1 Å². The number of ether oxygens (including phenoxy) is 5. The standard InChI is InChI=1S/C52H81NO12/c1-31-17-13-12-14-18-32(2)44(62-10)29-40-23-21-38(8)52(60,65-40)49(57)50(58)53-24-16-15-19-41(53)51(59)64-45(35(5)27-39-22-20-33(3)43(28-39)61-9)30-42(54)34(4)26-37(7)47(56)48(63-11)46(55)36(6)25-31/h12-14,17-18,26,31,33-36,38-41,43-45,47-48,56,60H,15-16,19-25,27-30H2,1-11H3/t31-,33+,34-,35-,36+,38-,39+,40+,41+,43-,44+,45+,47-,48+,52-/m1/s1. The number of hydrogen-bond acceptors (Lipinski definition) is 12. The number of aliphatic hydroxyl groups excluding tert-OH is 1. The molecule has 65 heavy (non-hydrogen) atoms. The van der Waals surface area contributed by atoms with Crippen LogP contribution in [0.25, 0.3) is 0 Å². The monoisotopic (exact) mass is 912 g/mol. The summed E-state index contributed by atoms with van der Waals surface area (Å²) in [5.41, 5.74) is 1.30. The Morgan fingerprint density at radius 2 is 1.57 bits per heavy atom. The van der Waals surface area contributed by atoms with Gasteiger partial charge in [0, 0.05) is 58.5 Å². The highest BCUT2D eigenvalue weighted by atomic mass is 16.6. The Bertz CT molecular complexity index is 1750. The molecule has 3 fully saturated rings. The van der Waals surface area contributed by atoms with E-state index in [0.29, 0.717) is 56.4 Å². The maximum atomic E-state index is 14.4. The summed E-state index contributed by atoms with van der Waals surface area (Å²) in [6.45, 7) is 15.1. The van der Waals surface area contributed by atoms with Crippen molar-refractivity contribution in [1.82, 2.24) is 4.90 Å². The van der Waals surface area contributed by atoms with Gasteiger partial charge >= 0.3 is 5.97 Å². The molecule has 13 heteroatoms. The highest BCUT2D eigenvalue weighted by molar-refractivity contribution is 6.39. The molecule has 3 heterocycles. The van der Waals surface area contributed by atoms with Crippen LogP contribution in [0.4, 0.5) is 0 Å². The van der Waals surface area contributed by atoms with Gasteiger partial charge in [-0.25, -0.2) is 4.79 Å². The first-order chi connectivity index (χ1) is 30.7. The zero-order valence-corrected chi connectivity index (χ0v) is 41.2. The number of fused-ring (bicyclic) bond motifs is 3. The number of Topliss-reactive ketones (excluding diaryl/α,β-unsaturated/α-hetero) is 3. The van der Waals surface area contributed by atoms with E-state index >= 15 is 0 Å². The Balaban J connectivity index is 1.70. The maximum Gasteiger partial charge on any atom is 0.329 e. The second-order valence-electron chi connectivity index (χ2n) is 20.0. The summed E-state index contributed by atoms with van der Waals surface area (Å²) in [5.74, 6) is -7.07. The van der Waals surface area contributed by atoms with Crippen molar-refractivity contribution in [2.45, 2.75) is 181 Å². The number of carbonyl (C=O) groups is 5. The molecule has 0 aromatic heterocycles. The average Bonchev–Trinajstić information content (AvgIpc) is 3.28. The van der Waals surface area contributed by atoms with Gasteiger partial charge in [0.1, 0.15) is 30.1 Å².